The number of carbonyl (C=O) groups excluding carboxylic acids is 1. The highest BCUT2D eigenvalue weighted by molar-refractivity contribution is 7.17. The summed E-state index contributed by atoms with van der Waals surface area (Å²) in [4.78, 5) is 17.5. The van der Waals surface area contributed by atoms with Gasteiger partial charge in [-0.1, -0.05) is 0 Å². The number of hydrogen-bond acceptors (Lipinski definition) is 4. The molecule has 0 radical (unpaired) electrons. The van der Waals surface area contributed by atoms with Crippen molar-refractivity contribution in [2.24, 2.45) is 4.99 Å². The molecule has 3 nitrogen and oxygen atoms in total. The van der Waals surface area contributed by atoms with E-state index in [2.05, 4.69) is 9.98 Å². The van der Waals surface area contributed by atoms with Gasteiger partial charge in [-0.05, 0) is 17.5 Å². The van der Waals surface area contributed by atoms with E-state index >= 15 is 0 Å². The first-order chi connectivity index (χ1) is 5.92. The van der Waals surface area contributed by atoms with Gasteiger partial charge in [-0.25, -0.2) is 9.78 Å². The Hall–Kier alpha value is -1.51. The molecule has 4 heteroatoms. The largest absolute Gasteiger partial charge is 0.242 e. The minimum Gasteiger partial charge on any atom is -0.236 e. The molecule has 0 N–H and O–H groups in total. The van der Waals surface area contributed by atoms with Gasteiger partial charge in [0.05, 0.1) is 0 Å². The van der Waals surface area contributed by atoms with Crippen LogP contribution in [0, 0.1) is 0 Å². The lowest BCUT2D eigenvalue weighted by molar-refractivity contribution is 0.565. The molecule has 0 amide bonds. The van der Waals surface area contributed by atoms with E-state index < -0.39 is 0 Å². The van der Waals surface area contributed by atoms with Crippen LogP contribution >= 0.6 is 11.3 Å². The van der Waals surface area contributed by atoms with Crippen molar-refractivity contribution < 1.29 is 4.79 Å². The quantitative estimate of drug-likeness (QED) is 0.494. The van der Waals surface area contributed by atoms with E-state index in [1.54, 1.807) is 17.5 Å². The van der Waals surface area contributed by atoms with Crippen LogP contribution in [0.25, 0.3) is 10.1 Å². The average Bonchev–Trinajstić information content (AvgIpc) is 2.53. The molecule has 0 atom stereocenters. The maximum absolute atomic E-state index is 10.0. The molecule has 12 heavy (non-hydrogen) atoms. The van der Waals surface area contributed by atoms with Crippen molar-refractivity contribution in [1.82, 2.24) is 4.98 Å². The Labute approximate surface area is 72.4 Å². The summed E-state index contributed by atoms with van der Waals surface area (Å²) in [7, 11) is 0. The fraction of sp³-hybridized carbons (Fsp3) is 0. The van der Waals surface area contributed by atoms with E-state index in [1.807, 2.05) is 17.5 Å². The second-order valence-corrected chi connectivity index (χ2v) is 3.12. The minimum absolute atomic E-state index is 0.448. The Kier molecular flexibility index (Phi) is 1.70. The minimum atomic E-state index is 0.448. The van der Waals surface area contributed by atoms with Crippen molar-refractivity contribution >= 4 is 33.3 Å². The number of nitrogens with zero attached hydrogens (tertiary/aromatic N) is 2. The fourth-order valence-electron chi connectivity index (χ4n) is 1.01. The Bertz CT molecular complexity index is 457. The predicted molar refractivity (Wildman–Crippen MR) is 47.4 cm³/mol. The summed E-state index contributed by atoms with van der Waals surface area (Å²) in [5.74, 6) is 0.448. The molecule has 0 spiro atoms. The van der Waals surface area contributed by atoms with E-state index in [0.717, 1.165) is 10.1 Å². The van der Waals surface area contributed by atoms with Crippen molar-refractivity contribution in [3.8, 4) is 0 Å². The lowest BCUT2D eigenvalue weighted by atomic mass is 10.3. The first-order valence-corrected chi connectivity index (χ1v) is 4.20. The van der Waals surface area contributed by atoms with E-state index in [1.165, 1.54) is 6.08 Å². The van der Waals surface area contributed by atoms with Gasteiger partial charge in [0.2, 0.25) is 6.08 Å². The van der Waals surface area contributed by atoms with Gasteiger partial charge in [-0.3, -0.25) is 0 Å². The van der Waals surface area contributed by atoms with Crippen LogP contribution in [0.3, 0.4) is 0 Å². The van der Waals surface area contributed by atoms with Gasteiger partial charge >= 0.3 is 0 Å². The number of fused-ring (bicyclic) bond motifs is 1. The number of rotatable bonds is 1. The van der Waals surface area contributed by atoms with Gasteiger partial charge in [0, 0.05) is 16.3 Å². The summed E-state index contributed by atoms with van der Waals surface area (Å²) < 4.78 is 1.08. The predicted octanol–water partition coefficient (Wildman–Crippen LogP) is 2.26. The lowest BCUT2D eigenvalue weighted by Crippen LogP contribution is -1.71. The van der Waals surface area contributed by atoms with Gasteiger partial charge in [0.15, 0.2) is 5.82 Å². The smallest absolute Gasteiger partial charge is 0.236 e. The Morgan fingerprint density at radius 2 is 2.42 bits per heavy atom. The number of pyridine rings is 1. The second kappa shape index (κ2) is 2.85. The Morgan fingerprint density at radius 1 is 1.50 bits per heavy atom. The van der Waals surface area contributed by atoms with Crippen molar-refractivity contribution in [2.75, 3.05) is 0 Å². The van der Waals surface area contributed by atoms with Crippen LogP contribution < -0.4 is 0 Å². The number of hydrogen-bond donors (Lipinski definition) is 0. The van der Waals surface area contributed by atoms with Crippen molar-refractivity contribution in [1.29, 1.82) is 0 Å². The van der Waals surface area contributed by atoms with E-state index in [-0.39, 0.29) is 0 Å². The van der Waals surface area contributed by atoms with Crippen LogP contribution in [0.2, 0.25) is 0 Å². The van der Waals surface area contributed by atoms with E-state index in [9.17, 15) is 4.79 Å². The SMILES string of the molecule is O=C=Nc1nccc2sccc12. The summed E-state index contributed by atoms with van der Waals surface area (Å²) in [6.45, 7) is 0. The van der Waals surface area contributed by atoms with E-state index in [4.69, 9.17) is 0 Å². The highest BCUT2D eigenvalue weighted by atomic mass is 32.1. The zero-order chi connectivity index (χ0) is 8.39. The molecule has 2 heterocycles. The molecule has 0 aliphatic heterocycles. The molecular formula is C8H4N2OS. The number of thiophene rings is 1. The highest BCUT2D eigenvalue weighted by Gasteiger charge is 2.00. The van der Waals surface area contributed by atoms with Crippen molar-refractivity contribution in [3.05, 3.63) is 23.7 Å². The van der Waals surface area contributed by atoms with E-state index in [0.29, 0.717) is 5.82 Å². The zero-order valence-corrected chi connectivity index (χ0v) is 6.84. The fourth-order valence-corrected chi connectivity index (χ4v) is 1.79. The molecule has 58 valence electrons. The van der Waals surface area contributed by atoms with Crippen LogP contribution in [0.5, 0.6) is 0 Å². The standard InChI is InChI=1S/C8H4N2OS/c11-5-10-8-6-2-4-12-7(6)1-3-9-8/h1-4H. The molecule has 0 unspecified atom stereocenters. The summed E-state index contributed by atoms with van der Waals surface area (Å²) >= 11 is 1.60. The summed E-state index contributed by atoms with van der Waals surface area (Å²) in [6, 6.07) is 3.78. The molecule has 0 aliphatic rings. The van der Waals surface area contributed by atoms with Gasteiger partial charge < -0.3 is 0 Å². The number of aromatic nitrogens is 1. The monoisotopic (exact) mass is 176 g/mol. The molecule has 0 aliphatic carbocycles. The summed E-state index contributed by atoms with van der Waals surface area (Å²) in [6.07, 6.45) is 3.12. The molecule has 0 saturated heterocycles. The first-order valence-electron chi connectivity index (χ1n) is 3.32. The Balaban J connectivity index is 2.81. The van der Waals surface area contributed by atoms with Crippen LogP contribution in [-0.2, 0) is 4.79 Å². The molecule has 0 fully saturated rings. The highest BCUT2D eigenvalue weighted by Crippen LogP contribution is 2.26. The topological polar surface area (TPSA) is 42.3 Å². The lowest BCUT2D eigenvalue weighted by Gasteiger charge is -1.90. The molecule has 0 aromatic carbocycles. The zero-order valence-electron chi connectivity index (χ0n) is 6.02. The molecule has 2 aromatic rings. The van der Waals surface area contributed by atoms with Crippen molar-refractivity contribution in [2.45, 2.75) is 0 Å². The number of aliphatic imine (C=N–C) groups is 1. The molecule has 2 rings (SSSR count). The maximum Gasteiger partial charge on any atom is 0.242 e. The molecular weight excluding hydrogens is 172 g/mol. The number of isocyanates is 1. The molecule has 2 aromatic heterocycles. The maximum atomic E-state index is 10.0. The third-order valence-electron chi connectivity index (χ3n) is 1.51. The van der Waals surface area contributed by atoms with Gasteiger partial charge in [-0.2, -0.15) is 0 Å². The van der Waals surface area contributed by atoms with Crippen molar-refractivity contribution in [3.63, 3.8) is 0 Å². The van der Waals surface area contributed by atoms with Crippen LogP contribution in [0.4, 0.5) is 5.82 Å². The third kappa shape index (κ3) is 1.03. The molecule has 0 bridgehead atoms. The van der Waals surface area contributed by atoms with Gasteiger partial charge in [0.25, 0.3) is 0 Å². The van der Waals surface area contributed by atoms with Crippen LogP contribution in [0.1, 0.15) is 0 Å². The average molecular weight is 176 g/mol. The second-order valence-electron chi connectivity index (χ2n) is 2.17. The van der Waals surface area contributed by atoms with Gasteiger partial charge in [0.1, 0.15) is 0 Å². The van der Waals surface area contributed by atoms with Gasteiger partial charge in [-0.15, -0.1) is 16.3 Å². The molecule has 0 saturated carbocycles. The summed E-state index contributed by atoms with van der Waals surface area (Å²) in [5, 5.41) is 2.85. The van der Waals surface area contributed by atoms with Crippen LogP contribution in [-0.4, -0.2) is 11.1 Å². The summed E-state index contributed by atoms with van der Waals surface area (Å²) in [5.41, 5.74) is 0. The normalized spacial score (nSPS) is 9.67. The third-order valence-corrected chi connectivity index (χ3v) is 2.39. The van der Waals surface area contributed by atoms with Crippen LogP contribution in [0.15, 0.2) is 28.7 Å². The Morgan fingerprint density at radius 3 is 3.25 bits per heavy atom. The first kappa shape index (κ1) is 7.16.